The van der Waals surface area contributed by atoms with Crippen LogP contribution in [0.4, 0.5) is 11.5 Å². The maximum Gasteiger partial charge on any atom is 0.348 e. The molecule has 0 aromatic carbocycles. The van der Waals surface area contributed by atoms with E-state index >= 15 is 0 Å². The van der Waals surface area contributed by atoms with Crippen LogP contribution in [0.1, 0.15) is 12.8 Å². The number of hydrogen-bond acceptors (Lipinski definition) is 6. The summed E-state index contributed by atoms with van der Waals surface area (Å²) < 4.78 is 5.29. The minimum absolute atomic E-state index is 0.131. The molecule has 0 spiro atoms. The van der Waals surface area contributed by atoms with Crippen LogP contribution in [-0.2, 0) is 4.74 Å². The zero-order valence-electron chi connectivity index (χ0n) is 10.6. The van der Waals surface area contributed by atoms with E-state index in [-0.39, 0.29) is 16.7 Å². The number of nitro groups is 1. The molecule has 0 bridgehead atoms. The number of nitrogens with zero attached hydrogens (tertiary/aromatic N) is 4. The predicted octanol–water partition coefficient (Wildman–Crippen LogP) is 1.90. The summed E-state index contributed by atoms with van der Waals surface area (Å²) in [5, 5.41) is 10.9. The van der Waals surface area contributed by atoms with E-state index in [1.165, 1.54) is 6.33 Å². The zero-order chi connectivity index (χ0) is 13.8. The van der Waals surface area contributed by atoms with Crippen molar-refractivity contribution in [3.05, 3.63) is 21.6 Å². The molecular weight excluding hydrogens is 272 g/mol. The fraction of sp³-hybridized carbons (Fsp3) is 0.636. The summed E-state index contributed by atoms with van der Waals surface area (Å²) >= 11 is 5.77. The van der Waals surface area contributed by atoms with E-state index in [1.54, 1.807) is 11.9 Å². The molecule has 1 saturated heterocycles. The third-order valence-corrected chi connectivity index (χ3v) is 3.45. The van der Waals surface area contributed by atoms with Gasteiger partial charge in [0, 0.05) is 26.8 Å². The molecule has 1 aromatic heterocycles. The van der Waals surface area contributed by atoms with E-state index in [2.05, 4.69) is 9.97 Å². The van der Waals surface area contributed by atoms with Gasteiger partial charge in [-0.15, -0.1) is 0 Å². The Morgan fingerprint density at radius 2 is 2.21 bits per heavy atom. The molecular formula is C11H15ClN4O3. The molecule has 1 aliphatic heterocycles. The summed E-state index contributed by atoms with van der Waals surface area (Å²) in [6.07, 6.45) is 3.15. The van der Waals surface area contributed by atoms with E-state index in [0.717, 1.165) is 26.1 Å². The highest BCUT2D eigenvalue weighted by atomic mass is 35.5. The van der Waals surface area contributed by atoms with Crippen molar-refractivity contribution in [2.45, 2.75) is 12.8 Å². The maximum absolute atomic E-state index is 11.0. The number of hydrogen-bond donors (Lipinski definition) is 0. The van der Waals surface area contributed by atoms with Crippen LogP contribution in [0.3, 0.4) is 0 Å². The van der Waals surface area contributed by atoms with Crippen molar-refractivity contribution in [3.63, 3.8) is 0 Å². The lowest BCUT2D eigenvalue weighted by Crippen LogP contribution is -2.30. The van der Waals surface area contributed by atoms with Gasteiger partial charge in [-0.3, -0.25) is 10.1 Å². The summed E-state index contributed by atoms with van der Waals surface area (Å²) in [5.41, 5.74) is -0.237. The van der Waals surface area contributed by atoms with Gasteiger partial charge in [-0.05, 0) is 18.8 Å². The summed E-state index contributed by atoms with van der Waals surface area (Å²) in [4.78, 5) is 19.9. The lowest BCUT2D eigenvalue weighted by atomic mass is 10.00. The topological polar surface area (TPSA) is 81.4 Å². The van der Waals surface area contributed by atoms with Crippen molar-refractivity contribution in [1.29, 1.82) is 0 Å². The number of rotatable bonds is 4. The molecule has 19 heavy (non-hydrogen) atoms. The summed E-state index contributed by atoms with van der Waals surface area (Å²) in [7, 11) is 1.78. The first-order chi connectivity index (χ1) is 9.09. The molecule has 1 fully saturated rings. The van der Waals surface area contributed by atoms with E-state index in [9.17, 15) is 10.1 Å². The normalized spacial score (nSPS) is 16.3. The third-order valence-electron chi connectivity index (χ3n) is 3.18. The molecule has 7 nitrogen and oxygen atoms in total. The third kappa shape index (κ3) is 3.30. The lowest BCUT2D eigenvalue weighted by Gasteiger charge is -2.27. The Labute approximate surface area is 115 Å². The molecule has 0 atom stereocenters. The van der Waals surface area contributed by atoms with Gasteiger partial charge in [-0.25, -0.2) is 9.97 Å². The van der Waals surface area contributed by atoms with Crippen LogP contribution in [0, 0.1) is 16.0 Å². The second-order valence-electron chi connectivity index (χ2n) is 4.53. The predicted molar refractivity (Wildman–Crippen MR) is 70.5 cm³/mol. The fourth-order valence-corrected chi connectivity index (χ4v) is 2.39. The van der Waals surface area contributed by atoms with Crippen molar-refractivity contribution < 1.29 is 9.66 Å². The van der Waals surface area contributed by atoms with Gasteiger partial charge in [-0.1, -0.05) is 11.6 Å². The van der Waals surface area contributed by atoms with Gasteiger partial charge in [0.2, 0.25) is 11.0 Å². The Bertz CT molecular complexity index is 465. The van der Waals surface area contributed by atoms with Crippen molar-refractivity contribution in [3.8, 4) is 0 Å². The summed E-state index contributed by atoms with van der Waals surface area (Å²) in [5.74, 6) is 0.712. The van der Waals surface area contributed by atoms with Gasteiger partial charge in [0.05, 0.1) is 4.92 Å². The Kier molecular flexibility index (Phi) is 4.49. The van der Waals surface area contributed by atoms with Crippen molar-refractivity contribution >= 4 is 23.1 Å². The van der Waals surface area contributed by atoms with Gasteiger partial charge < -0.3 is 9.64 Å². The standard InChI is InChI=1S/C11H15ClN4O3/c1-15(6-8-2-4-19-5-3-8)11-9(16(17)18)10(12)13-7-14-11/h7-8H,2-6H2,1H3. The van der Waals surface area contributed by atoms with Crippen molar-refractivity contribution in [2.24, 2.45) is 5.92 Å². The Hall–Kier alpha value is -1.47. The number of aromatic nitrogens is 2. The van der Waals surface area contributed by atoms with Gasteiger partial charge in [0.1, 0.15) is 6.33 Å². The molecule has 0 radical (unpaired) electrons. The maximum atomic E-state index is 11.0. The molecule has 0 N–H and O–H groups in total. The second-order valence-corrected chi connectivity index (χ2v) is 4.89. The molecule has 1 aromatic rings. The van der Waals surface area contributed by atoms with Crippen LogP contribution in [0.5, 0.6) is 0 Å². The fourth-order valence-electron chi connectivity index (χ4n) is 2.19. The Morgan fingerprint density at radius 1 is 1.53 bits per heavy atom. The molecule has 0 saturated carbocycles. The smallest absolute Gasteiger partial charge is 0.348 e. The SMILES string of the molecule is CN(CC1CCOCC1)c1ncnc(Cl)c1[N+](=O)[O-]. The largest absolute Gasteiger partial charge is 0.381 e. The van der Waals surface area contributed by atoms with Crippen LogP contribution >= 0.6 is 11.6 Å². The first kappa shape index (κ1) is 14.0. The Balaban J connectivity index is 2.16. The van der Waals surface area contributed by atoms with Gasteiger partial charge in [0.15, 0.2) is 0 Å². The molecule has 1 aliphatic rings. The summed E-state index contributed by atoms with van der Waals surface area (Å²) in [6.45, 7) is 2.17. The van der Waals surface area contributed by atoms with E-state index in [1.807, 2.05) is 0 Å². The van der Waals surface area contributed by atoms with Gasteiger partial charge in [0.25, 0.3) is 0 Å². The number of anilines is 1. The van der Waals surface area contributed by atoms with Gasteiger partial charge >= 0.3 is 5.69 Å². The minimum Gasteiger partial charge on any atom is -0.381 e. The molecule has 8 heteroatoms. The quantitative estimate of drug-likeness (QED) is 0.478. The van der Waals surface area contributed by atoms with E-state index in [0.29, 0.717) is 12.5 Å². The molecule has 0 aliphatic carbocycles. The average Bonchev–Trinajstić information content (AvgIpc) is 2.39. The average molecular weight is 287 g/mol. The van der Waals surface area contributed by atoms with Crippen LogP contribution in [-0.4, -0.2) is 41.7 Å². The monoisotopic (exact) mass is 286 g/mol. The molecule has 2 rings (SSSR count). The highest BCUT2D eigenvalue weighted by Crippen LogP contribution is 2.31. The highest BCUT2D eigenvalue weighted by Gasteiger charge is 2.26. The van der Waals surface area contributed by atoms with Crippen molar-refractivity contribution in [1.82, 2.24) is 9.97 Å². The van der Waals surface area contributed by atoms with Crippen LogP contribution in [0.15, 0.2) is 6.33 Å². The minimum atomic E-state index is -0.544. The van der Waals surface area contributed by atoms with Crippen LogP contribution < -0.4 is 4.90 Å². The zero-order valence-corrected chi connectivity index (χ0v) is 11.3. The van der Waals surface area contributed by atoms with Crippen LogP contribution in [0.25, 0.3) is 0 Å². The first-order valence-electron chi connectivity index (χ1n) is 6.03. The second kappa shape index (κ2) is 6.12. The van der Waals surface area contributed by atoms with E-state index in [4.69, 9.17) is 16.3 Å². The first-order valence-corrected chi connectivity index (χ1v) is 6.41. The Morgan fingerprint density at radius 3 is 2.84 bits per heavy atom. The molecule has 2 heterocycles. The highest BCUT2D eigenvalue weighted by molar-refractivity contribution is 6.31. The van der Waals surface area contributed by atoms with Gasteiger partial charge in [-0.2, -0.15) is 0 Å². The molecule has 0 amide bonds. The number of ether oxygens (including phenoxy) is 1. The molecule has 104 valence electrons. The lowest BCUT2D eigenvalue weighted by molar-refractivity contribution is -0.384. The van der Waals surface area contributed by atoms with E-state index < -0.39 is 4.92 Å². The van der Waals surface area contributed by atoms with Crippen LogP contribution in [0.2, 0.25) is 5.15 Å². The number of halogens is 1. The summed E-state index contributed by atoms with van der Waals surface area (Å²) in [6, 6.07) is 0. The van der Waals surface area contributed by atoms with Crippen molar-refractivity contribution in [2.75, 3.05) is 31.7 Å². The molecule has 0 unspecified atom stereocenters.